The molecular weight excluding hydrogens is 503 g/mol. The van der Waals surface area contributed by atoms with Gasteiger partial charge in [0.25, 0.3) is 15.9 Å². The van der Waals surface area contributed by atoms with Crippen LogP contribution < -0.4 is 19.1 Å². The summed E-state index contributed by atoms with van der Waals surface area (Å²) in [4.78, 5) is 24.2. The van der Waals surface area contributed by atoms with Crippen LogP contribution in [0.4, 0.5) is 15.8 Å². The predicted octanol–water partition coefficient (Wildman–Crippen LogP) is 3.78. The first kappa shape index (κ1) is 24.3. The van der Waals surface area contributed by atoms with E-state index < -0.39 is 40.4 Å². The van der Waals surface area contributed by atoms with Crippen molar-refractivity contribution in [3.05, 3.63) is 77.1 Å². The number of carboxylic acids is 1. The van der Waals surface area contributed by atoms with E-state index in [0.717, 1.165) is 4.31 Å². The largest absolute Gasteiger partial charge is 0.495 e. The standard InChI is InChI=1S/C23H18ClFN2O7S/c1-33-19-9-3-14(24)11-21(19)35(31,32)27-12-20(23(29)30)34-18-8-2-13(10-17(18)27)22(28)26-16-6-4-15(25)5-7-16/h2-11,20H,12H2,1H3,(H,26,28)(H,29,30). The maximum atomic E-state index is 13.7. The topological polar surface area (TPSA) is 122 Å². The lowest BCUT2D eigenvalue weighted by molar-refractivity contribution is -0.144. The molecule has 1 aliphatic rings. The summed E-state index contributed by atoms with van der Waals surface area (Å²) >= 11 is 6.02. The first-order valence-electron chi connectivity index (χ1n) is 10.1. The van der Waals surface area contributed by atoms with E-state index in [1.165, 1.54) is 67.8 Å². The highest BCUT2D eigenvalue weighted by molar-refractivity contribution is 7.93. The van der Waals surface area contributed by atoms with Gasteiger partial charge in [0.15, 0.2) is 0 Å². The third kappa shape index (κ3) is 4.86. The molecule has 0 fully saturated rings. The van der Waals surface area contributed by atoms with Crippen molar-refractivity contribution in [2.75, 3.05) is 23.3 Å². The van der Waals surface area contributed by atoms with E-state index in [1.54, 1.807) is 0 Å². The monoisotopic (exact) mass is 520 g/mol. The number of halogens is 2. The average molecular weight is 521 g/mol. The van der Waals surface area contributed by atoms with Crippen molar-refractivity contribution in [3.8, 4) is 11.5 Å². The number of nitrogens with one attached hydrogen (secondary N) is 1. The Bertz CT molecular complexity index is 1410. The molecule has 4 rings (SSSR count). The molecule has 0 saturated heterocycles. The molecule has 0 aromatic heterocycles. The number of amides is 1. The van der Waals surface area contributed by atoms with Gasteiger partial charge in [-0.2, -0.15) is 0 Å². The van der Waals surface area contributed by atoms with E-state index in [2.05, 4.69) is 5.32 Å². The van der Waals surface area contributed by atoms with Crippen LogP contribution in [-0.4, -0.2) is 45.2 Å². The van der Waals surface area contributed by atoms with E-state index in [-0.39, 0.29) is 32.7 Å². The second-order valence-electron chi connectivity index (χ2n) is 7.42. The Labute approximate surface area is 204 Å². The van der Waals surface area contributed by atoms with Gasteiger partial charge in [-0.05, 0) is 60.7 Å². The van der Waals surface area contributed by atoms with Crippen LogP contribution in [0.5, 0.6) is 11.5 Å². The number of nitrogens with zero attached hydrogens (tertiary/aromatic N) is 1. The number of methoxy groups -OCH3 is 1. The Morgan fingerprint density at radius 2 is 1.86 bits per heavy atom. The summed E-state index contributed by atoms with van der Waals surface area (Å²) in [5, 5.41) is 12.2. The van der Waals surface area contributed by atoms with E-state index in [0.29, 0.717) is 5.69 Å². The van der Waals surface area contributed by atoms with Crippen LogP contribution in [0.25, 0.3) is 0 Å². The molecule has 1 heterocycles. The number of ether oxygens (including phenoxy) is 2. The van der Waals surface area contributed by atoms with Gasteiger partial charge in [0, 0.05) is 16.3 Å². The van der Waals surface area contributed by atoms with Crippen molar-refractivity contribution < 1.29 is 37.0 Å². The first-order chi connectivity index (χ1) is 16.6. The number of rotatable bonds is 6. The van der Waals surface area contributed by atoms with Gasteiger partial charge in [0.2, 0.25) is 6.10 Å². The summed E-state index contributed by atoms with van der Waals surface area (Å²) < 4.78 is 51.9. The number of benzene rings is 3. The zero-order valence-corrected chi connectivity index (χ0v) is 19.6. The molecule has 0 spiro atoms. The van der Waals surface area contributed by atoms with Crippen LogP contribution in [0.1, 0.15) is 10.4 Å². The number of fused-ring (bicyclic) bond motifs is 1. The second kappa shape index (κ2) is 9.43. The second-order valence-corrected chi connectivity index (χ2v) is 9.69. The summed E-state index contributed by atoms with van der Waals surface area (Å²) in [6, 6.07) is 13.0. The molecule has 1 unspecified atom stereocenters. The number of hydrogen-bond acceptors (Lipinski definition) is 6. The van der Waals surface area contributed by atoms with Gasteiger partial charge in [-0.1, -0.05) is 11.6 Å². The fourth-order valence-corrected chi connectivity index (χ4v) is 5.35. The van der Waals surface area contributed by atoms with E-state index in [9.17, 15) is 27.5 Å². The molecule has 12 heteroatoms. The zero-order chi connectivity index (χ0) is 25.3. The van der Waals surface area contributed by atoms with Gasteiger partial charge in [0.05, 0.1) is 19.3 Å². The maximum absolute atomic E-state index is 13.7. The Morgan fingerprint density at radius 3 is 2.51 bits per heavy atom. The van der Waals surface area contributed by atoms with Crippen LogP contribution in [0.3, 0.4) is 0 Å². The lowest BCUT2D eigenvalue weighted by Crippen LogP contribution is -2.47. The molecule has 1 aliphatic heterocycles. The molecule has 182 valence electrons. The fraction of sp³-hybridized carbons (Fsp3) is 0.130. The number of hydrogen-bond donors (Lipinski definition) is 2. The molecule has 0 bridgehead atoms. The summed E-state index contributed by atoms with van der Waals surface area (Å²) in [7, 11) is -3.12. The lowest BCUT2D eigenvalue weighted by Gasteiger charge is -2.34. The van der Waals surface area contributed by atoms with E-state index in [4.69, 9.17) is 21.1 Å². The van der Waals surface area contributed by atoms with Crippen LogP contribution in [0.2, 0.25) is 5.02 Å². The summed E-state index contributed by atoms with van der Waals surface area (Å²) in [5.41, 5.74) is 0.337. The van der Waals surface area contributed by atoms with Crippen LogP contribution in [-0.2, 0) is 14.8 Å². The van der Waals surface area contributed by atoms with Crippen molar-refractivity contribution in [1.82, 2.24) is 0 Å². The highest BCUT2D eigenvalue weighted by Crippen LogP contribution is 2.40. The SMILES string of the molecule is COc1ccc(Cl)cc1S(=O)(=O)N1CC(C(=O)O)Oc2ccc(C(=O)Nc3ccc(F)cc3)cc21. The molecule has 2 N–H and O–H groups in total. The van der Waals surface area contributed by atoms with Gasteiger partial charge in [-0.25, -0.2) is 17.6 Å². The quantitative estimate of drug-likeness (QED) is 0.507. The fourth-order valence-electron chi connectivity index (χ4n) is 3.46. The molecule has 3 aromatic rings. The molecule has 0 saturated carbocycles. The summed E-state index contributed by atoms with van der Waals surface area (Å²) in [5.74, 6) is -2.49. The summed E-state index contributed by atoms with van der Waals surface area (Å²) in [6.45, 7) is -0.566. The highest BCUT2D eigenvalue weighted by atomic mass is 35.5. The molecule has 1 atom stereocenters. The minimum absolute atomic E-state index is 0.000440. The highest BCUT2D eigenvalue weighted by Gasteiger charge is 2.39. The van der Waals surface area contributed by atoms with Gasteiger partial charge >= 0.3 is 5.97 Å². The number of carbonyl (C=O) groups is 2. The van der Waals surface area contributed by atoms with Crippen LogP contribution >= 0.6 is 11.6 Å². The molecule has 35 heavy (non-hydrogen) atoms. The van der Waals surface area contributed by atoms with Crippen LogP contribution in [0.15, 0.2) is 65.6 Å². The molecular formula is C23H18ClFN2O7S. The minimum atomic E-state index is -4.41. The predicted molar refractivity (Wildman–Crippen MR) is 125 cm³/mol. The Hall–Kier alpha value is -3.83. The third-order valence-electron chi connectivity index (χ3n) is 5.16. The van der Waals surface area contributed by atoms with Gasteiger partial charge in [0.1, 0.15) is 22.2 Å². The molecule has 1 amide bonds. The van der Waals surface area contributed by atoms with Gasteiger partial charge in [-0.15, -0.1) is 0 Å². The zero-order valence-electron chi connectivity index (χ0n) is 18.1. The molecule has 0 radical (unpaired) electrons. The Kier molecular flexibility index (Phi) is 6.55. The van der Waals surface area contributed by atoms with Crippen molar-refractivity contribution >= 4 is 44.9 Å². The van der Waals surface area contributed by atoms with E-state index >= 15 is 0 Å². The number of carboxylic acid groups (broad SMARTS) is 1. The third-order valence-corrected chi connectivity index (χ3v) is 7.20. The van der Waals surface area contributed by atoms with Gasteiger partial charge in [-0.3, -0.25) is 9.10 Å². The first-order valence-corrected chi connectivity index (χ1v) is 11.9. The molecule has 0 aliphatic carbocycles. The normalized spacial score (nSPS) is 15.1. The average Bonchev–Trinajstić information content (AvgIpc) is 2.84. The minimum Gasteiger partial charge on any atom is -0.495 e. The summed E-state index contributed by atoms with van der Waals surface area (Å²) in [6.07, 6.45) is -1.50. The van der Waals surface area contributed by atoms with Gasteiger partial charge < -0.3 is 19.9 Å². The van der Waals surface area contributed by atoms with Crippen LogP contribution in [0, 0.1) is 5.82 Å². The Balaban J connectivity index is 1.78. The van der Waals surface area contributed by atoms with Crippen molar-refractivity contribution in [3.63, 3.8) is 0 Å². The number of carbonyl (C=O) groups excluding carboxylic acids is 1. The smallest absolute Gasteiger partial charge is 0.346 e. The number of sulfonamides is 1. The Morgan fingerprint density at radius 1 is 1.14 bits per heavy atom. The molecule has 9 nitrogen and oxygen atoms in total. The van der Waals surface area contributed by atoms with Crippen molar-refractivity contribution in [2.45, 2.75) is 11.0 Å². The number of aliphatic carboxylic acids is 1. The maximum Gasteiger partial charge on any atom is 0.346 e. The van der Waals surface area contributed by atoms with E-state index in [1.807, 2.05) is 0 Å². The van der Waals surface area contributed by atoms with Crippen molar-refractivity contribution in [2.24, 2.45) is 0 Å². The molecule has 3 aromatic carbocycles. The lowest BCUT2D eigenvalue weighted by atomic mass is 10.1. The number of anilines is 2. The van der Waals surface area contributed by atoms with Crippen molar-refractivity contribution in [1.29, 1.82) is 0 Å².